The van der Waals surface area contributed by atoms with Crippen molar-refractivity contribution >= 4 is 11.4 Å². The van der Waals surface area contributed by atoms with Crippen LogP contribution in [0.25, 0.3) is 0 Å². The summed E-state index contributed by atoms with van der Waals surface area (Å²) in [5.74, 6) is 0. The van der Waals surface area contributed by atoms with Gasteiger partial charge in [0.25, 0.3) is 0 Å². The van der Waals surface area contributed by atoms with E-state index >= 15 is 0 Å². The van der Waals surface area contributed by atoms with Crippen LogP contribution >= 0.6 is 0 Å². The molecular formula is C21H27AgClN2-. The molecule has 1 fully saturated rings. The molecule has 0 N–H and O–H groups in total. The first kappa shape index (κ1) is 22.1. The van der Waals surface area contributed by atoms with E-state index in [4.69, 9.17) is 0 Å². The normalized spacial score (nSPS) is 13.5. The second-order valence-corrected chi connectivity index (χ2v) is 7.00. The molecule has 0 atom stereocenters. The van der Waals surface area contributed by atoms with Crippen LogP contribution < -0.4 is 22.2 Å². The molecule has 0 saturated carbocycles. The minimum absolute atomic E-state index is 0. The molecule has 0 bridgehead atoms. The Hall–Kier alpha value is -0.930. The maximum absolute atomic E-state index is 2.41. The summed E-state index contributed by atoms with van der Waals surface area (Å²) in [5.41, 5.74) is 10.8. The molecule has 0 amide bonds. The first-order valence-corrected chi connectivity index (χ1v) is 8.41. The third kappa shape index (κ3) is 4.43. The van der Waals surface area contributed by atoms with Gasteiger partial charge in [0.1, 0.15) is 0 Å². The molecule has 3 rings (SSSR count). The summed E-state index contributed by atoms with van der Waals surface area (Å²) in [5, 5.41) is 0. The van der Waals surface area contributed by atoms with E-state index in [2.05, 4.69) is 82.3 Å². The second kappa shape index (κ2) is 8.64. The number of nitrogens with zero attached hydrogens (tertiary/aromatic N) is 2. The zero-order chi connectivity index (χ0) is 16.7. The van der Waals surface area contributed by atoms with Crippen LogP contribution in [-0.4, -0.2) is 13.1 Å². The number of rotatable bonds is 2. The largest absolute Gasteiger partial charge is 1.00 e. The SMILES string of the molecule is Cc1cc(C)c(N2[CH-]N(c3c(C)cc(C)cc3C)CC2)c(C)c1.[Ag+].[Cl-]. The van der Waals surface area contributed by atoms with Crippen LogP contribution in [0.1, 0.15) is 33.4 Å². The minimum Gasteiger partial charge on any atom is -1.00 e. The summed E-state index contributed by atoms with van der Waals surface area (Å²) >= 11 is 0. The van der Waals surface area contributed by atoms with Gasteiger partial charge in [0.05, 0.1) is 0 Å². The van der Waals surface area contributed by atoms with Gasteiger partial charge in [-0.15, -0.1) is 0 Å². The predicted octanol–water partition coefficient (Wildman–Crippen LogP) is 1.98. The third-order valence-corrected chi connectivity index (χ3v) is 4.71. The van der Waals surface area contributed by atoms with Crippen LogP contribution in [0.15, 0.2) is 24.3 Å². The fourth-order valence-corrected chi connectivity index (χ4v) is 4.09. The number of anilines is 2. The Morgan fingerprint density at radius 3 is 1.20 bits per heavy atom. The fraction of sp³-hybridized carbons (Fsp3) is 0.381. The maximum Gasteiger partial charge on any atom is 1.00 e. The van der Waals surface area contributed by atoms with Gasteiger partial charge in [0.15, 0.2) is 0 Å². The number of benzene rings is 2. The summed E-state index contributed by atoms with van der Waals surface area (Å²) in [4.78, 5) is 4.81. The van der Waals surface area contributed by atoms with E-state index in [0.29, 0.717) is 0 Å². The topological polar surface area (TPSA) is 6.48 Å². The Morgan fingerprint density at radius 1 is 0.640 bits per heavy atom. The zero-order valence-electron chi connectivity index (χ0n) is 15.9. The average molecular weight is 451 g/mol. The molecule has 2 aromatic rings. The van der Waals surface area contributed by atoms with Crippen molar-refractivity contribution in [3.05, 3.63) is 64.3 Å². The Bertz CT molecular complexity index is 648. The van der Waals surface area contributed by atoms with Crippen molar-refractivity contribution in [3.8, 4) is 0 Å². The maximum atomic E-state index is 2.41. The Morgan fingerprint density at radius 2 is 0.920 bits per heavy atom. The van der Waals surface area contributed by atoms with Crippen molar-refractivity contribution in [2.24, 2.45) is 0 Å². The number of hydrogen-bond donors (Lipinski definition) is 0. The van der Waals surface area contributed by atoms with E-state index in [-0.39, 0.29) is 34.8 Å². The minimum atomic E-state index is 0. The predicted molar refractivity (Wildman–Crippen MR) is 100 cm³/mol. The first-order valence-electron chi connectivity index (χ1n) is 8.41. The van der Waals surface area contributed by atoms with Crippen LogP contribution in [0.2, 0.25) is 0 Å². The Labute approximate surface area is 174 Å². The van der Waals surface area contributed by atoms with Crippen LogP contribution in [0, 0.1) is 48.2 Å². The monoisotopic (exact) mass is 449 g/mol. The molecular weight excluding hydrogens is 424 g/mol. The molecule has 140 valence electrons. The van der Waals surface area contributed by atoms with Crippen molar-refractivity contribution in [2.45, 2.75) is 41.5 Å². The summed E-state index contributed by atoms with van der Waals surface area (Å²) in [7, 11) is 0. The van der Waals surface area contributed by atoms with Gasteiger partial charge in [0.2, 0.25) is 0 Å². The standard InChI is InChI=1S/C21H27N2.Ag.ClH/c1-14-9-16(3)20(17(4)10-14)22-7-8-23(13-22)21-18(5)11-15(2)12-19(21)6;;/h9-13H,7-8H2,1-6H3;;1H/q-1;+1;/p-1. The van der Waals surface area contributed by atoms with E-state index in [1.54, 1.807) is 0 Å². The van der Waals surface area contributed by atoms with E-state index in [0.717, 1.165) is 13.1 Å². The van der Waals surface area contributed by atoms with Crippen molar-refractivity contribution in [2.75, 3.05) is 22.9 Å². The molecule has 1 saturated heterocycles. The molecule has 2 aromatic carbocycles. The molecule has 0 aromatic heterocycles. The number of aryl methyl sites for hydroxylation is 6. The zero-order valence-corrected chi connectivity index (χ0v) is 18.1. The number of halogens is 1. The van der Waals surface area contributed by atoms with Crippen LogP contribution in [-0.2, 0) is 22.4 Å². The van der Waals surface area contributed by atoms with Crippen LogP contribution in [0.3, 0.4) is 0 Å². The fourth-order valence-electron chi connectivity index (χ4n) is 4.09. The van der Waals surface area contributed by atoms with Gasteiger partial charge in [-0.25, -0.2) is 0 Å². The van der Waals surface area contributed by atoms with Crippen LogP contribution in [0.5, 0.6) is 0 Å². The Kier molecular flexibility index (Phi) is 7.64. The quantitative estimate of drug-likeness (QED) is 0.510. The van der Waals surface area contributed by atoms with E-state index in [9.17, 15) is 0 Å². The Balaban J connectivity index is 0.00000156. The smallest absolute Gasteiger partial charge is 1.00 e. The molecule has 1 aliphatic rings. The summed E-state index contributed by atoms with van der Waals surface area (Å²) in [6.45, 7) is 17.6. The molecule has 4 heteroatoms. The molecule has 25 heavy (non-hydrogen) atoms. The van der Waals surface area contributed by atoms with Gasteiger partial charge in [-0.3, -0.25) is 0 Å². The van der Waals surface area contributed by atoms with Gasteiger partial charge in [-0.1, -0.05) is 35.4 Å². The van der Waals surface area contributed by atoms with Gasteiger partial charge in [-0.2, -0.15) is 6.67 Å². The van der Waals surface area contributed by atoms with E-state index < -0.39 is 0 Å². The number of hydrogen-bond acceptors (Lipinski definition) is 2. The molecule has 1 aliphatic heterocycles. The molecule has 0 spiro atoms. The molecule has 0 aliphatic carbocycles. The van der Waals surface area contributed by atoms with Gasteiger partial charge < -0.3 is 22.2 Å². The van der Waals surface area contributed by atoms with E-state index in [1.165, 1.54) is 44.8 Å². The molecule has 1 heterocycles. The summed E-state index contributed by atoms with van der Waals surface area (Å²) in [6.07, 6.45) is 0. The summed E-state index contributed by atoms with van der Waals surface area (Å²) < 4.78 is 0. The van der Waals surface area contributed by atoms with Crippen molar-refractivity contribution < 1.29 is 34.8 Å². The molecule has 0 radical (unpaired) electrons. The van der Waals surface area contributed by atoms with E-state index in [1.807, 2.05) is 0 Å². The van der Waals surface area contributed by atoms with Gasteiger partial charge in [-0.05, 0) is 63.8 Å². The first-order chi connectivity index (χ1) is 10.9. The van der Waals surface area contributed by atoms with Crippen LogP contribution in [0.4, 0.5) is 11.4 Å². The second-order valence-electron chi connectivity index (χ2n) is 7.00. The average Bonchev–Trinajstić information content (AvgIpc) is 2.85. The van der Waals surface area contributed by atoms with Crippen molar-refractivity contribution in [3.63, 3.8) is 0 Å². The van der Waals surface area contributed by atoms with Gasteiger partial charge >= 0.3 is 22.4 Å². The third-order valence-electron chi connectivity index (χ3n) is 4.71. The van der Waals surface area contributed by atoms with Gasteiger partial charge in [0, 0.05) is 24.5 Å². The summed E-state index contributed by atoms with van der Waals surface area (Å²) in [6, 6.07) is 9.12. The molecule has 0 unspecified atom stereocenters. The van der Waals surface area contributed by atoms with Crippen molar-refractivity contribution in [1.82, 2.24) is 0 Å². The molecule has 2 nitrogen and oxygen atoms in total. The van der Waals surface area contributed by atoms with Crippen molar-refractivity contribution in [1.29, 1.82) is 0 Å².